The van der Waals surface area contributed by atoms with Gasteiger partial charge in [-0.05, 0) is 45.9 Å². The Morgan fingerprint density at radius 3 is 2.40 bits per heavy atom. The number of carbonyl (C=O) groups excluding carboxylic acids is 1. The highest BCUT2D eigenvalue weighted by molar-refractivity contribution is 7.90. The summed E-state index contributed by atoms with van der Waals surface area (Å²) in [6.45, 7) is 6.99. The number of aryl methyl sites for hydroxylation is 1. The Balaban J connectivity index is 1.94. The van der Waals surface area contributed by atoms with Crippen molar-refractivity contribution in [3.63, 3.8) is 0 Å². The van der Waals surface area contributed by atoms with Crippen LogP contribution in [0.4, 0.5) is 4.79 Å². The van der Waals surface area contributed by atoms with Gasteiger partial charge in [0, 0.05) is 17.1 Å². The van der Waals surface area contributed by atoms with Crippen LogP contribution in [0, 0.1) is 6.92 Å². The minimum atomic E-state index is -3.86. The number of nitrogens with one attached hydrogen (secondary N) is 1. The summed E-state index contributed by atoms with van der Waals surface area (Å²) >= 11 is 0. The highest BCUT2D eigenvalue weighted by atomic mass is 32.2. The first-order valence-electron chi connectivity index (χ1n) is 9.56. The Bertz CT molecular complexity index is 1160. The number of alkyl carbamates (subject to hydrolysis) is 1. The van der Waals surface area contributed by atoms with Crippen LogP contribution >= 0.6 is 0 Å². The van der Waals surface area contributed by atoms with Crippen LogP contribution in [0.15, 0.2) is 59.6 Å². The molecule has 0 aliphatic carbocycles. The molecule has 0 saturated heterocycles. The van der Waals surface area contributed by atoms with E-state index in [-0.39, 0.29) is 11.4 Å². The zero-order chi connectivity index (χ0) is 22.1. The quantitative estimate of drug-likeness (QED) is 0.643. The zero-order valence-electron chi connectivity index (χ0n) is 17.4. The van der Waals surface area contributed by atoms with Gasteiger partial charge in [-0.2, -0.15) is 0 Å². The molecule has 7 nitrogen and oxygen atoms in total. The maximum Gasteiger partial charge on any atom is 0.407 e. The van der Waals surface area contributed by atoms with Crippen LogP contribution in [-0.2, 0) is 14.8 Å². The minimum absolute atomic E-state index is 0.118. The number of fused-ring (bicyclic) bond motifs is 1. The molecule has 2 N–H and O–H groups in total. The van der Waals surface area contributed by atoms with Crippen LogP contribution in [0.2, 0.25) is 0 Å². The molecule has 3 aromatic rings. The van der Waals surface area contributed by atoms with Gasteiger partial charge >= 0.3 is 6.09 Å². The minimum Gasteiger partial charge on any atom is -0.444 e. The first kappa shape index (κ1) is 21.9. The standard InChI is InChI=1S/C22H26N2O5S/c1-15-9-11-16(12-10-15)30(27,28)24-14-18(17-7-5-6-8-19(17)24)20(25)13-23-21(26)29-22(2,3)4/h5-12,14,20,25H,13H2,1-4H3,(H,23,26)/t20-/m1/s1. The van der Waals surface area contributed by atoms with E-state index < -0.39 is 27.8 Å². The van der Waals surface area contributed by atoms with Crippen molar-refractivity contribution in [3.8, 4) is 0 Å². The lowest BCUT2D eigenvalue weighted by atomic mass is 10.1. The summed E-state index contributed by atoms with van der Waals surface area (Å²) in [7, 11) is -3.86. The molecule has 1 heterocycles. The number of nitrogens with zero attached hydrogens (tertiary/aromatic N) is 1. The van der Waals surface area contributed by atoms with Crippen molar-refractivity contribution in [1.82, 2.24) is 9.29 Å². The smallest absolute Gasteiger partial charge is 0.407 e. The second-order valence-electron chi connectivity index (χ2n) is 8.11. The fourth-order valence-corrected chi connectivity index (χ4v) is 4.45. The highest BCUT2D eigenvalue weighted by Gasteiger charge is 2.24. The Morgan fingerprint density at radius 1 is 1.13 bits per heavy atom. The van der Waals surface area contributed by atoms with Gasteiger partial charge in [0.2, 0.25) is 0 Å². The lowest BCUT2D eigenvalue weighted by Crippen LogP contribution is -2.34. The van der Waals surface area contributed by atoms with Crippen LogP contribution < -0.4 is 5.32 Å². The van der Waals surface area contributed by atoms with E-state index in [4.69, 9.17) is 4.74 Å². The topological polar surface area (TPSA) is 97.6 Å². The van der Waals surface area contributed by atoms with E-state index >= 15 is 0 Å². The van der Waals surface area contributed by atoms with Crippen LogP contribution in [0.3, 0.4) is 0 Å². The lowest BCUT2D eigenvalue weighted by Gasteiger charge is -2.20. The van der Waals surface area contributed by atoms with Crippen molar-refractivity contribution in [2.45, 2.75) is 44.3 Å². The molecule has 30 heavy (non-hydrogen) atoms. The van der Waals surface area contributed by atoms with E-state index in [9.17, 15) is 18.3 Å². The summed E-state index contributed by atoms with van der Waals surface area (Å²) < 4.78 is 32.8. The largest absolute Gasteiger partial charge is 0.444 e. The first-order valence-corrected chi connectivity index (χ1v) is 11.0. The number of benzene rings is 2. The van der Waals surface area contributed by atoms with E-state index in [1.54, 1.807) is 69.3 Å². The Morgan fingerprint density at radius 2 is 1.77 bits per heavy atom. The van der Waals surface area contributed by atoms with E-state index in [1.165, 1.54) is 10.2 Å². The van der Waals surface area contributed by atoms with Crippen LogP contribution in [-0.4, -0.2) is 35.7 Å². The number of para-hydroxylation sites is 1. The van der Waals surface area contributed by atoms with Gasteiger partial charge in [-0.1, -0.05) is 35.9 Å². The molecule has 160 valence electrons. The summed E-state index contributed by atoms with van der Waals surface area (Å²) in [6, 6.07) is 13.5. The van der Waals surface area contributed by atoms with Gasteiger partial charge in [0.1, 0.15) is 5.60 Å². The summed E-state index contributed by atoms with van der Waals surface area (Å²) in [5.41, 5.74) is 1.14. The van der Waals surface area contributed by atoms with Crippen molar-refractivity contribution in [2.75, 3.05) is 6.54 Å². The summed E-state index contributed by atoms with van der Waals surface area (Å²) in [5.74, 6) is 0. The van der Waals surface area contributed by atoms with Crippen molar-refractivity contribution < 1.29 is 23.1 Å². The second kappa shape index (κ2) is 8.12. The third kappa shape index (κ3) is 4.66. The number of aromatic nitrogens is 1. The molecule has 0 bridgehead atoms. The van der Waals surface area contributed by atoms with Gasteiger partial charge in [-0.15, -0.1) is 0 Å². The molecule has 1 amide bonds. The second-order valence-corrected chi connectivity index (χ2v) is 9.93. The number of aliphatic hydroxyl groups is 1. The van der Waals surface area contributed by atoms with Gasteiger partial charge in [0.05, 0.1) is 23.1 Å². The Kier molecular flexibility index (Phi) is 5.92. The molecule has 0 fully saturated rings. The van der Waals surface area contributed by atoms with Gasteiger partial charge < -0.3 is 15.2 Å². The van der Waals surface area contributed by atoms with Crippen molar-refractivity contribution in [3.05, 3.63) is 65.9 Å². The van der Waals surface area contributed by atoms with E-state index in [0.29, 0.717) is 16.5 Å². The number of carbonyl (C=O) groups is 1. The molecule has 0 unspecified atom stereocenters. The van der Waals surface area contributed by atoms with E-state index in [2.05, 4.69) is 5.32 Å². The maximum absolute atomic E-state index is 13.2. The SMILES string of the molecule is Cc1ccc(S(=O)(=O)n2cc([C@H](O)CNC(=O)OC(C)(C)C)c3ccccc32)cc1. The number of rotatable bonds is 5. The van der Waals surface area contributed by atoms with Crippen molar-refractivity contribution in [2.24, 2.45) is 0 Å². The monoisotopic (exact) mass is 430 g/mol. The normalized spacial score (nSPS) is 13.2. The molecular weight excluding hydrogens is 404 g/mol. The fourth-order valence-electron chi connectivity index (χ4n) is 3.07. The lowest BCUT2D eigenvalue weighted by molar-refractivity contribution is 0.0492. The van der Waals surface area contributed by atoms with Crippen molar-refractivity contribution in [1.29, 1.82) is 0 Å². The number of amides is 1. The van der Waals surface area contributed by atoms with E-state index in [0.717, 1.165) is 5.56 Å². The van der Waals surface area contributed by atoms with Crippen LogP contribution in [0.1, 0.15) is 38.0 Å². The number of hydrogen-bond acceptors (Lipinski definition) is 5. The molecule has 2 aromatic carbocycles. The van der Waals surface area contributed by atoms with Crippen molar-refractivity contribution >= 4 is 27.0 Å². The average molecular weight is 431 g/mol. The number of aliphatic hydroxyl groups excluding tert-OH is 1. The number of ether oxygens (including phenoxy) is 1. The highest BCUT2D eigenvalue weighted by Crippen LogP contribution is 2.29. The fraction of sp³-hybridized carbons (Fsp3) is 0.318. The molecule has 1 aromatic heterocycles. The molecule has 0 aliphatic rings. The Labute approximate surface area is 176 Å². The molecule has 0 radical (unpaired) electrons. The van der Waals surface area contributed by atoms with Gasteiger partial charge in [-0.3, -0.25) is 0 Å². The molecule has 8 heteroatoms. The average Bonchev–Trinajstić information content (AvgIpc) is 3.06. The summed E-state index contributed by atoms with van der Waals surface area (Å²) in [4.78, 5) is 12.0. The molecule has 3 rings (SSSR count). The van der Waals surface area contributed by atoms with Crippen LogP contribution in [0.25, 0.3) is 10.9 Å². The molecule has 0 saturated carbocycles. The summed E-state index contributed by atoms with van der Waals surface area (Å²) in [5, 5.41) is 13.8. The molecular formula is C22H26N2O5S. The molecule has 0 spiro atoms. The molecule has 0 aliphatic heterocycles. The number of hydrogen-bond donors (Lipinski definition) is 2. The van der Waals surface area contributed by atoms with Crippen LogP contribution in [0.5, 0.6) is 0 Å². The molecule has 1 atom stereocenters. The van der Waals surface area contributed by atoms with Gasteiger partial charge in [-0.25, -0.2) is 17.2 Å². The Hall–Kier alpha value is -2.84. The summed E-state index contributed by atoms with van der Waals surface area (Å²) in [6.07, 6.45) is -0.365. The third-order valence-electron chi connectivity index (χ3n) is 4.48. The zero-order valence-corrected chi connectivity index (χ0v) is 18.2. The van der Waals surface area contributed by atoms with E-state index in [1.807, 2.05) is 6.92 Å². The predicted molar refractivity (Wildman–Crippen MR) is 115 cm³/mol. The first-order chi connectivity index (χ1) is 14.0. The maximum atomic E-state index is 13.2. The van der Waals surface area contributed by atoms with Gasteiger partial charge in [0.15, 0.2) is 0 Å². The third-order valence-corrected chi connectivity index (χ3v) is 6.17. The van der Waals surface area contributed by atoms with Gasteiger partial charge in [0.25, 0.3) is 10.0 Å². The predicted octanol–water partition coefficient (Wildman–Crippen LogP) is 3.74.